The maximum atomic E-state index is 13.2. The van der Waals surface area contributed by atoms with E-state index in [1.54, 1.807) is 12.1 Å². The highest BCUT2D eigenvalue weighted by atomic mass is 19.1. The van der Waals surface area contributed by atoms with Crippen LogP contribution in [0.3, 0.4) is 0 Å². The molecule has 2 rings (SSSR count). The van der Waals surface area contributed by atoms with Crippen molar-refractivity contribution in [3.8, 4) is 0 Å². The van der Waals surface area contributed by atoms with Crippen LogP contribution in [-0.4, -0.2) is 26.2 Å². The molecule has 0 bridgehead atoms. The molecule has 1 aromatic carbocycles. The molecule has 94 valence electrons. The smallest absolute Gasteiger partial charge is 0.125 e. The van der Waals surface area contributed by atoms with E-state index in [0.29, 0.717) is 11.5 Å². The maximum Gasteiger partial charge on any atom is 0.125 e. The van der Waals surface area contributed by atoms with Crippen LogP contribution in [-0.2, 0) is 0 Å². The lowest BCUT2D eigenvalue weighted by Crippen LogP contribution is -2.54. The number of halogens is 1. The number of nitrogens with one attached hydrogen (secondary N) is 1. The van der Waals surface area contributed by atoms with Gasteiger partial charge in [0.05, 0.1) is 0 Å². The summed E-state index contributed by atoms with van der Waals surface area (Å²) >= 11 is 0. The summed E-state index contributed by atoms with van der Waals surface area (Å²) in [7, 11) is 2.00. The molecule has 0 amide bonds. The first-order valence-corrected chi connectivity index (χ1v) is 6.21. The predicted molar refractivity (Wildman–Crippen MR) is 69.9 cm³/mol. The van der Waals surface area contributed by atoms with E-state index in [-0.39, 0.29) is 5.82 Å². The summed E-state index contributed by atoms with van der Waals surface area (Å²) in [5.41, 5.74) is 1.29. The zero-order chi connectivity index (χ0) is 12.5. The molecule has 0 spiro atoms. The molecule has 2 nitrogen and oxygen atoms in total. The highest BCUT2D eigenvalue weighted by Gasteiger charge is 2.34. The van der Waals surface area contributed by atoms with Crippen molar-refractivity contribution >= 4 is 5.69 Å². The summed E-state index contributed by atoms with van der Waals surface area (Å²) in [6.07, 6.45) is 1.12. The van der Waals surface area contributed by atoms with Gasteiger partial charge in [-0.05, 0) is 37.1 Å². The summed E-state index contributed by atoms with van der Waals surface area (Å²) < 4.78 is 13.2. The van der Waals surface area contributed by atoms with Gasteiger partial charge in [0.1, 0.15) is 5.82 Å². The van der Waals surface area contributed by atoms with Crippen molar-refractivity contribution < 1.29 is 4.39 Å². The average molecular weight is 236 g/mol. The van der Waals surface area contributed by atoms with E-state index in [9.17, 15) is 4.39 Å². The number of benzene rings is 1. The SMILES string of the molecule is CNC1CN(c2cccc(F)c2)CCC1(C)C. The van der Waals surface area contributed by atoms with Gasteiger partial charge in [0.2, 0.25) is 0 Å². The highest BCUT2D eigenvalue weighted by molar-refractivity contribution is 5.47. The van der Waals surface area contributed by atoms with E-state index in [0.717, 1.165) is 25.2 Å². The van der Waals surface area contributed by atoms with Gasteiger partial charge in [-0.3, -0.25) is 0 Å². The molecular formula is C14H21FN2. The van der Waals surface area contributed by atoms with E-state index in [1.165, 1.54) is 6.07 Å². The second-order valence-corrected chi connectivity index (χ2v) is 5.51. The van der Waals surface area contributed by atoms with E-state index >= 15 is 0 Å². The van der Waals surface area contributed by atoms with Crippen molar-refractivity contribution in [3.05, 3.63) is 30.1 Å². The van der Waals surface area contributed by atoms with Gasteiger partial charge < -0.3 is 10.2 Å². The fourth-order valence-electron chi connectivity index (χ4n) is 2.55. The Morgan fingerprint density at radius 2 is 2.18 bits per heavy atom. The number of piperidine rings is 1. The molecule has 1 heterocycles. The molecule has 1 N–H and O–H groups in total. The highest BCUT2D eigenvalue weighted by Crippen LogP contribution is 2.32. The molecule has 0 aromatic heterocycles. The average Bonchev–Trinajstić information content (AvgIpc) is 2.28. The van der Waals surface area contributed by atoms with E-state index < -0.39 is 0 Å². The Kier molecular flexibility index (Phi) is 3.38. The van der Waals surface area contributed by atoms with Gasteiger partial charge in [-0.25, -0.2) is 4.39 Å². The molecule has 3 heteroatoms. The summed E-state index contributed by atoms with van der Waals surface area (Å²) in [5.74, 6) is -0.159. The van der Waals surface area contributed by atoms with Gasteiger partial charge in [-0.2, -0.15) is 0 Å². The third-order valence-electron chi connectivity index (χ3n) is 3.89. The van der Waals surface area contributed by atoms with E-state index in [4.69, 9.17) is 0 Å². The fraction of sp³-hybridized carbons (Fsp3) is 0.571. The van der Waals surface area contributed by atoms with Crippen LogP contribution in [0.1, 0.15) is 20.3 Å². The Labute approximate surface area is 103 Å². The molecule has 0 radical (unpaired) electrons. The molecule has 17 heavy (non-hydrogen) atoms. The summed E-state index contributed by atoms with van der Waals surface area (Å²) in [4.78, 5) is 2.26. The van der Waals surface area contributed by atoms with Crippen LogP contribution in [0.4, 0.5) is 10.1 Å². The molecule has 1 saturated heterocycles. The zero-order valence-corrected chi connectivity index (χ0v) is 10.8. The largest absolute Gasteiger partial charge is 0.370 e. The first-order chi connectivity index (χ1) is 8.03. The zero-order valence-electron chi connectivity index (χ0n) is 10.8. The van der Waals surface area contributed by atoms with Crippen LogP contribution in [0.15, 0.2) is 24.3 Å². The molecule has 1 aliphatic heterocycles. The topological polar surface area (TPSA) is 15.3 Å². The minimum atomic E-state index is -0.159. The Balaban J connectivity index is 2.15. The minimum Gasteiger partial charge on any atom is -0.370 e. The minimum absolute atomic E-state index is 0.159. The predicted octanol–water partition coefficient (Wildman–Crippen LogP) is 2.65. The molecular weight excluding hydrogens is 215 g/mol. The van der Waals surface area contributed by atoms with E-state index in [1.807, 2.05) is 13.1 Å². The van der Waals surface area contributed by atoms with Crippen LogP contribution in [0.25, 0.3) is 0 Å². The normalized spacial score (nSPS) is 23.8. The maximum absolute atomic E-state index is 13.2. The molecule has 0 aliphatic carbocycles. The number of hydrogen-bond donors (Lipinski definition) is 1. The number of likely N-dealkylation sites (N-methyl/N-ethyl adjacent to an activating group) is 1. The van der Waals surface area contributed by atoms with Crippen molar-refractivity contribution in [1.82, 2.24) is 5.32 Å². The first kappa shape index (κ1) is 12.4. The Morgan fingerprint density at radius 1 is 1.41 bits per heavy atom. The van der Waals surface area contributed by atoms with Gasteiger partial charge in [0.15, 0.2) is 0 Å². The van der Waals surface area contributed by atoms with Gasteiger partial charge in [0, 0.05) is 24.8 Å². The molecule has 1 fully saturated rings. The molecule has 1 atom stereocenters. The Morgan fingerprint density at radius 3 is 2.82 bits per heavy atom. The number of anilines is 1. The molecule has 1 unspecified atom stereocenters. The molecule has 1 aromatic rings. The van der Waals surface area contributed by atoms with Crippen molar-refractivity contribution in [2.24, 2.45) is 5.41 Å². The fourth-order valence-corrected chi connectivity index (χ4v) is 2.55. The monoisotopic (exact) mass is 236 g/mol. The quantitative estimate of drug-likeness (QED) is 0.849. The van der Waals surface area contributed by atoms with Gasteiger partial charge in [-0.1, -0.05) is 19.9 Å². The summed E-state index contributed by atoms with van der Waals surface area (Å²) in [6.45, 7) is 6.51. The summed E-state index contributed by atoms with van der Waals surface area (Å²) in [5, 5.41) is 3.37. The lowest BCUT2D eigenvalue weighted by Gasteiger charge is -2.44. The first-order valence-electron chi connectivity index (χ1n) is 6.21. The lowest BCUT2D eigenvalue weighted by molar-refractivity contribution is 0.208. The van der Waals surface area contributed by atoms with Gasteiger partial charge >= 0.3 is 0 Å². The second kappa shape index (κ2) is 4.65. The summed E-state index contributed by atoms with van der Waals surface area (Å²) in [6, 6.07) is 7.31. The number of rotatable bonds is 2. The van der Waals surface area contributed by atoms with Crippen molar-refractivity contribution in [1.29, 1.82) is 0 Å². The third-order valence-corrected chi connectivity index (χ3v) is 3.89. The van der Waals surface area contributed by atoms with Crippen LogP contribution in [0, 0.1) is 11.2 Å². The standard InChI is InChI=1S/C14H21FN2/c1-14(2)7-8-17(10-13(14)16-3)12-6-4-5-11(15)9-12/h4-6,9,13,16H,7-8,10H2,1-3H3. The van der Waals surface area contributed by atoms with Crippen molar-refractivity contribution in [2.75, 3.05) is 25.0 Å². The van der Waals surface area contributed by atoms with Crippen LogP contribution >= 0.6 is 0 Å². The molecule has 1 aliphatic rings. The van der Waals surface area contributed by atoms with Gasteiger partial charge in [0.25, 0.3) is 0 Å². The lowest BCUT2D eigenvalue weighted by atomic mass is 9.78. The van der Waals surface area contributed by atoms with Crippen LogP contribution in [0.5, 0.6) is 0 Å². The van der Waals surface area contributed by atoms with E-state index in [2.05, 4.69) is 24.1 Å². The number of nitrogens with zero attached hydrogens (tertiary/aromatic N) is 1. The molecule has 0 saturated carbocycles. The third kappa shape index (κ3) is 2.60. The number of hydrogen-bond acceptors (Lipinski definition) is 2. The van der Waals surface area contributed by atoms with Crippen LogP contribution < -0.4 is 10.2 Å². The van der Waals surface area contributed by atoms with Crippen molar-refractivity contribution in [3.63, 3.8) is 0 Å². The second-order valence-electron chi connectivity index (χ2n) is 5.51. The van der Waals surface area contributed by atoms with Crippen molar-refractivity contribution in [2.45, 2.75) is 26.3 Å². The van der Waals surface area contributed by atoms with Gasteiger partial charge in [-0.15, -0.1) is 0 Å². The van der Waals surface area contributed by atoms with Crippen LogP contribution in [0.2, 0.25) is 0 Å². The Bertz CT molecular complexity index is 390. The Hall–Kier alpha value is -1.09.